The molecular formula is C19H20ClN3O4S. The number of carbonyl (C=O) groups excluding carboxylic acids is 2. The molecule has 2 aromatic rings. The molecule has 0 spiro atoms. The Kier molecular flexibility index (Phi) is 5.47. The molecule has 1 atom stereocenters. The Hall–Kier alpha value is -2.42. The number of sulfonamides is 1. The molecule has 1 N–H and O–H groups in total. The van der Waals surface area contributed by atoms with Crippen LogP contribution in [0.15, 0.2) is 47.4 Å². The van der Waals surface area contributed by atoms with Crippen molar-refractivity contribution in [3.8, 4) is 0 Å². The minimum absolute atomic E-state index is 0.0322. The van der Waals surface area contributed by atoms with E-state index in [4.69, 9.17) is 11.6 Å². The Morgan fingerprint density at radius 3 is 2.57 bits per heavy atom. The number of fused-ring (bicyclic) bond motifs is 1. The van der Waals surface area contributed by atoms with Gasteiger partial charge in [-0.25, -0.2) is 12.7 Å². The van der Waals surface area contributed by atoms with Gasteiger partial charge in [0.05, 0.1) is 26.9 Å². The molecule has 2 amide bonds. The molecule has 1 heterocycles. The van der Waals surface area contributed by atoms with E-state index in [0.717, 1.165) is 4.31 Å². The third-order valence-corrected chi connectivity index (χ3v) is 6.67. The van der Waals surface area contributed by atoms with Crippen LogP contribution in [0.2, 0.25) is 5.02 Å². The van der Waals surface area contributed by atoms with Gasteiger partial charge in [-0.1, -0.05) is 23.7 Å². The lowest BCUT2D eigenvalue weighted by atomic mass is 10.1. The van der Waals surface area contributed by atoms with Crippen LogP contribution in [0, 0.1) is 0 Å². The van der Waals surface area contributed by atoms with Crippen LogP contribution in [-0.4, -0.2) is 44.7 Å². The molecule has 0 saturated heterocycles. The summed E-state index contributed by atoms with van der Waals surface area (Å²) in [5.74, 6) is -0.678. The number of para-hydroxylation sites is 2. The molecule has 7 nitrogen and oxygen atoms in total. The summed E-state index contributed by atoms with van der Waals surface area (Å²) in [4.78, 5) is 27.0. The number of nitrogens with one attached hydrogen (secondary N) is 1. The number of anilines is 2. The average Bonchev–Trinajstić information content (AvgIpc) is 2.75. The second-order valence-corrected chi connectivity index (χ2v) is 9.28. The van der Waals surface area contributed by atoms with Gasteiger partial charge >= 0.3 is 0 Å². The first-order chi connectivity index (χ1) is 13.1. The molecule has 1 aliphatic heterocycles. The summed E-state index contributed by atoms with van der Waals surface area (Å²) >= 11 is 6.25. The van der Waals surface area contributed by atoms with E-state index in [1.807, 2.05) is 0 Å². The van der Waals surface area contributed by atoms with Crippen molar-refractivity contribution in [2.24, 2.45) is 0 Å². The van der Waals surface area contributed by atoms with E-state index < -0.39 is 22.0 Å². The van der Waals surface area contributed by atoms with Gasteiger partial charge in [0.15, 0.2) is 0 Å². The fourth-order valence-corrected chi connectivity index (χ4v) is 4.19. The van der Waals surface area contributed by atoms with Crippen molar-refractivity contribution in [3.63, 3.8) is 0 Å². The van der Waals surface area contributed by atoms with Crippen LogP contribution < -0.4 is 10.2 Å². The highest BCUT2D eigenvalue weighted by Crippen LogP contribution is 2.34. The summed E-state index contributed by atoms with van der Waals surface area (Å²) in [6, 6.07) is 10.5. The van der Waals surface area contributed by atoms with Gasteiger partial charge in [0.2, 0.25) is 15.9 Å². The second-order valence-electron chi connectivity index (χ2n) is 6.72. The Bertz CT molecular complexity index is 1050. The molecule has 3 rings (SSSR count). The quantitative estimate of drug-likeness (QED) is 0.825. The smallest absolute Gasteiger partial charge is 0.260 e. The average molecular weight is 422 g/mol. The van der Waals surface area contributed by atoms with Crippen LogP contribution >= 0.6 is 11.6 Å². The van der Waals surface area contributed by atoms with E-state index >= 15 is 0 Å². The second kappa shape index (κ2) is 7.54. The molecule has 28 heavy (non-hydrogen) atoms. The maximum atomic E-state index is 13.4. The zero-order valence-corrected chi connectivity index (χ0v) is 17.2. The van der Waals surface area contributed by atoms with Crippen LogP contribution in [0.1, 0.15) is 23.7 Å². The fraction of sp³-hybridized carbons (Fsp3) is 0.263. The molecule has 0 saturated carbocycles. The summed E-state index contributed by atoms with van der Waals surface area (Å²) in [6.45, 7) is 1.76. The van der Waals surface area contributed by atoms with Gasteiger partial charge in [0.25, 0.3) is 5.91 Å². The topological polar surface area (TPSA) is 86.8 Å². The van der Waals surface area contributed by atoms with Crippen molar-refractivity contribution >= 4 is 44.8 Å². The van der Waals surface area contributed by atoms with Crippen molar-refractivity contribution in [1.82, 2.24) is 4.31 Å². The van der Waals surface area contributed by atoms with E-state index in [0.29, 0.717) is 11.4 Å². The highest BCUT2D eigenvalue weighted by Gasteiger charge is 2.32. The molecule has 0 bridgehead atoms. The number of nitrogens with zero attached hydrogens (tertiary/aromatic N) is 2. The number of halogens is 1. The summed E-state index contributed by atoms with van der Waals surface area (Å²) in [6.07, 6.45) is 0.105. The van der Waals surface area contributed by atoms with Crippen LogP contribution in [0.25, 0.3) is 0 Å². The zero-order valence-electron chi connectivity index (χ0n) is 15.6. The molecule has 148 valence electrons. The zero-order chi connectivity index (χ0) is 20.6. The summed E-state index contributed by atoms with van der Waals surface area (Å²) in [7, 11) is -0.908. The number of amides is 2. The van der Waals surface area contributed by atoms with Gasteiger partial charge in [-0.2, -0.15) is 0 Å². The van der Waals surface area contributed by atoms with Crippen molar-refractivity contribution in [3.05, 3.63) is 53.1 Å². The number of rotatable bonds is 3. The molecule has 0 aliphatic carbocycles. The van der Waals surface area contributed by atoms with Gasteiger partial charge in [-0.3, -0.25) is 9.59 Å². The number of hydrogen-bond donors (Lipinski definition) is 1. The van der Waals surface area contributed by atoms with Crippen molar-refractivity contribution in [1.29, 1.82) is 0 Å². The van der Waals surface area contributed by atoms with Gasteiger partial charge in [-0.05, 0) is 37.3 Å². The van der Waals surface area contributed by atoms with E-state index in [1.165, 1.54) is 37.2 Å². The minimum Gasteiger partial charge on any atom is -0.324 e. The monoisotopic (exact) mass is 421 g/mol. The lowest BCUT2D eigenvalue weighted by Crippen LogP contribution is -2.39. The summed E-state index contributed by atoms with van der Waals surface area (Å²) in [5, 5.41) is 2.92. The third kappa shape index (κ3) is 3.63. The van der Waals surface area contributed by atoms with Crippen LogP contribution in [0.3, 0.4) is 0 Å². The van der Waals surface area contributed by atoms with Gasteiger partial charge in [0, 0.05) is 26.6 Å². The highest BCUT2D eigenvalue weighted by molar-refractivity contribution is 7.89. The fourth-order valence-electron chi connectivity index (χ4n) is 3.07. The molecule has 2 aromatic carbocycles. The van der Waals surface area contributed by atoms with Crippen LogP contribution in [-0.2, 0) is 14.8 Å². The molecule has 9 heteroatoms. The van der Waals surface area contributed by atoms with Crippen LogP contribution in [0.4, 0.5) is 11.4 Å². The lowest BCUT2D eigenvalue weighted by molar-refractivity contribution is -0.116. The first-order valence-corrected chi connectivity index (χ1v) is 10.4. The predicted octanol–water partition coefficient (Wildman–Crippen LogP) is 2.97. The van der Waals surface area contributed by atoms with Crippen molar-refractivity contribution in [2.75, 3.05) is 24.3 Å². The Morgan fingerprint density at radius 1 is 1.21 bits per heavy atom. The molecule has 1 unspecified atom stereocenters. The standard InChI is InChI=1S/C19H20ClN3O4S/c1-12-10-18(24)21-16-6-4-5-7-17(16)23(12)19(25)14-11-13(8-9-15(14)20)28(26,27)22(2)3/h4-9,11-12H,10H2,1-3H3,(H,21,24). The highest BCUT2D eigenvalue weighted by atomic mass is 35.5. The maximum Gasteiger partial charge on any atom is 0.260 e. The van der Waals surface area contributed by atoms with Gasteiger partial charge < -0.3 is 10.2 Å². The first kappa shape index (κ1) is 20.3. The molecule has 0 radical (unpaired) electrons. The molecule has 0 fully saturated rings. The summed E-state index contributed by atoms with van der Waals surface area (Å²) < 4.78 is 26.0. The Balaban J connectivity index is 2.13. The van der Waals surface area contributed by atoms with Crippen LogP contribution in [0.5, 0.6) is 0 Å². The minimum atomic E-state index is -3.73. The van der Waals surface area contributed by atoms with E-state index in [-0.39, 0.29) is 27.8 Å². The third-order valence-electron chi connectivity index (χ3n) is 4.52. The largest absolute Gasteiger partial charge is 0.324 e. The van der Waals surface area contributed by atoms with E-state index in [1.54, 1.807) is 31.2 Å². The Morgan fingerprint density at radius 2 is 1.89 bits per heavy atom. The van der Waals surface area contributed by atoms with Crippen molar-refractivity contribution < 1.29 is 18.0 Å². The summed E-state index contributed by atoms with van der Waals surface area (Å²) in [5.41, 5.74) is 1.10. The molecule has 1 aliphatic rings. The van der Waals surface area contributed by atoms with E-state index in [9.17, 15) is 18.0 Å². The number of carbonyl (C=O) groups is 2. The van der Waals surface area contributed by atoms with Crippen molar-refractivity contribution in [2.45, 2.75) is 24.3 Å². The number of benzene rings is 2. The Labute approximate surface area is 168 Å². The lowest BCUT2D eigenvalue weighted by Gasteiger charge is -2.28. The molecular weight excluding hydrogens is 402 g/mol. The maximum absolute atomic E-state index is 13.4. The van der Waals surface area contributed by atoms with Gasteiger partial charge in [-0.15, -0.1) is 0 Å². The van der Waals surface area contributed by atoms with Gasteiger partial charge in [0.1, 0.15) is 0 Å². The number of hydrogen-bond acceptors (Lipinski definition) is 4. The van der Waals surface area contributed by atoms with E-state index in [2.05, 4.69) is 5.32 Å². The molecule has 0 aromatic heterocycles. The first-order valence-electron chi connectivity index (χ1n) is 8.57. The SMILES string of the molecule is CC1CC(=O)Nc2ccccc2N1C(=O)c1cc(S(=O)(=O)N(C)C)ccc1Cl. The predicted molar refractivity (Wildman–Crippen MR) is 108 cm³/mol. The normalized spacial score (nSPS) is 17.1.